The minimum Gasteiger partial charge on any atom is -0.479 e. The highest BCUT2D eigenvalue weighted by molar-refractivity contribution is 7.98. The van der Waals surface area contributed by atoms with Gasteiger partial charge in [-0.15, -0.1) is 10.2 Å². The summed E-state index contributed by atoms with van der Waals surface area (Å²) >= 11 is 1.45. The van der Waals surface area contributed by atoms with Crippen molar-refractivity contribution in [2.75, 3.05) is 5.75 Å². The molecule has 8 heteroatoms. The molecule has 1 rings (SSSR count). The fourth-order valence-corrected chi connectivity index (χ4v) is 1.56. The Labute approximate surface area is 83.9 Å². The van der Waals surface area contributed by atoms with Gasteiger partial charge < -0.3 is 10.2 Å². The van der Waals surface area contributed by atoms with E-state index in [2.05, 4.69) is 20.6 Å². The molecule has 1 atom stereocenters. The molecule has 7 nitrogen and oxygen atoms in total. The maximum Gasteiger partial charge on any atom is 0.332 e. The molecule has 0 aliphatic carbocycles. The Bertz CT molecular complexity index is 279. The van der Waals surface area contributed by atoms with Gasteiger partial charge in [0, 0.05) is 0 Å². The van der Waals surface area contributed by atoms with E-state index in [1.807, 2.05) is 0 Å². The number of aliphatic hydroxyl groups is 1. The molecule has 78 valence electrons. The number of hydrogen-bond donors (Lipinski definition) is 3. The third-order valence-electron chi connectivity index (χ3n) is 1.44. The van der Waals surface area contributed by atoms with Gasteiger partial charge in [-0.1, -0.05) is 5.21 Å². The Morgan fingerprint density at radius 3 is 3.00 bits per heavy atom. The van der Waals surface area contributed by atoms with Crippen molar-refractivity contribution in [3.05, 3.63) is 5.82 Å². The lowest BCUT2D eigenvalue weighted by Gasteiger charge is -2.03. The Balaban J connectivity index is 2.08. The van der Waals surface area contributed by atoms with Crippen molar-refractivity contribution in [1.29, 1.82) is 0 Å². The number of carboxylic acids is 1. The van der Waals surface area contributed by atoms with Crippen molar-refractivity contribution >= 4 is 17.7 Å². The Kier molecular flexibility index (Phi) is 4.33. The summed E-state index contributed by atoms with van der Waals surface area (Å²) in [7, 11) is 0. The molecule has 0 fully saturated rings. The van der Waals surface area contributed by atoms with Crippen molar-refractivity contribution in [1.82, 2.24) is 20.6 Å². The molecule has 0 saturated carbocycles. The molecule has 0 aromatic carbocycles. The molecule has 0 bridgehead atoms. The Morgan fingerprint density at radius 1 is 1.64 bits per heavy atom. The van der Waals surface area contributed by atoms with Gasteiger partial charge in [-0.3, -0.25) is 0 Å². The SMILES string of the molecule is O=C(O)C(O)CCSCc1nn[nH]n1. The molecule has 1 unspecified atom stereocenters. The fourth-order valence-electron chi connectivity index (χ4n) is 0.726. The van der Waals surface area contributed by atoms with Crippen LogP contribution in [0.25, 0.3) is 0 Å². The van der Waals surface area contributed by atoms with E-state index in [0.29, 0.717) is 17.3 Å². The first-order valence-corrected chi connectivity index (χ1v) is 5.06. The van der Waals surface area contributed by atoms with E-state index in [-0.39, 0.29) is 6.42 Å². The molecule has 1 aromatic rings. The Morgan fingerprint density at radius 2 is 2.43 bits per heavy atom. The molecule has 0 saturated heterocycles. The Hall–Kier alpha value is -1.15. The van der Waals surface area contributed by atoms with Crippen molar-refractivity contribution in [2.24, 2.45) is 0 Å². The van der Waals surface area contributed by atoms with Crippen molar-refractivity contribution in [3.63, 3.8) is 0 Å². The molecule has 1 aromatic heterocycles. The van der Waals surface area contributed by atoms with E-state index in [9.17, 15) is 4.79 Å². The summed E-state index contributed by atoms with van der Waals surface area (Å²) < 4.78 is 0. The summed E-state index contributed by atoms with van der Waals surface area (Å²) in [6.07, 6.45) is -1.06. The van der Waals surface area contributed by atoms with Gasteiger partial charge in [0.25, 0.3) is 0 Å². The summed E-state index contributed by atoms with van der Waals surface area (Å²) in [5, 5.41) is 30.4. The van der Waals surface area contributed by atoms with Gasteiger partial charge in [-0.05, 0) is 12.2 Å². The number of carbonyl (C=O) groups is 1. The third-order valence-corrected chi connectivity index (χ3v) is 2.43. The molecule has 0 aliphatic rings. The van der Waals surface area contributed by atoms with Crippen molar-refractivity contribution < 1.29 is 15.0 Å². The third kappa shape index (κ3) is 3.71. The first-order chi connectivity index (χ1) is 6.70. The number of hydrogen-bond acceptors (Lipinski definition) is 6. The summed E-state index contributed by atoms with van der Waals surface area (Å²) in [5.74, 6) is 0.482. The number of carboxylic acid groups (broad SMARTS) is 1. The van der Waals surface area contributed by atoms with Crippen LogP contribution < -0.4 is 0 Å². The number of nitrogens with zero attached hydrogens (tertiary/aromatic N) is 3. The zero-order valence-corrected chi connectivity index (χ0v) is 8.07. The average molecular weight is 218 g/mol. The van der Waals surface area contributed by atoms with E-state index in [1.165, 1.54) is 11.8 Å². The minimum atomic E-state index is -1.28. The van der Waals surface area contributed by atoms with Gasteiger partial charge >= 0.3 is 5.97 Å². The van der Waals surface area contributed by atoms with Crippen LogP contribution in [0.4, 0.5) is 0 Å². The van der Waals surface area contributed by atoms with Crippen LogP contribution in [0.3, 0.4) is 0 Å². The van der Waals surface area contributed by atoms with Gasteiger partial charge in [0.15, 0.2) is 11.9 Å². The molecule has 0 aliphatic heterocycles. The van der Waals surface area contributed by atoms with Crippen molar-refractivity contribution in [3.8, 4) is 0 Å². The smallest absolute Gasteiger partial charge is 0.332 e. The first kappa shape index (κ1) is 10.9. The second-order valence-electron chi connectivity index (χ2n) is 2.52. The monoisotopic (exact) mass is 218 g/mol. The van der Waals surface area contributed by atoms with Gasteiger partial charge in [0.1, 0.15) is 0 Å². The second-order valence-corrected chi connectivity index (χ2v) is 3.63. The molecule has 14 heavy (non-hydrogen) atoms. The van der Waals surface area contributed by atoms with Crippen LogP contribution in [0.2, 0.25) is 0 Å². The zero-order valence-electron chi connectivity index (χ0n) is 7.25. The second kappa shape index (κ2) is 5.55. The maximum atomic E-state index is 10.2. The van der Waals surface area contributed by atoms with E-state index >= 15 is 0 Å². The number of tetrazole rings is 1. The fraction of sp³-hybridized carbons (Fsp3) is 0.667. The molecular weight excluding hydrogens is 208 g/mol. The average Bonchev–Trinajstić information content (AvgIpc) is 2.64. The van der Waals surface area contributed by atoms with Crippen LogP contribution in [-0.4, -0.2) is 48.7 Å². The normalized spacial score (nSPS) is 12.6. The molecule has 3 N–H and O–H groups in total. The molecule has 0 radical (unpaired) electrons. The van der Waals surface area contributed by atoms with Crippen LogP contribution in [0.15, 0.2) is 0 Å². The molecular formula is C6H10N4O3S. The number of aromatic nitrogens is 4. The highest BCUT2D eigenvalue weighted by atomic mass is 32.2. The summed E-state index contributed by atoms with van der Waals surface area (Å²) in [4.78, 5) is 10.2. The topological polar surface area (TPSA) is 112 Å². The first-order valence-electron chi connectivity index (χ1n) is 3.91. The lowest BCUT2D eigenvalue weighted by atomic mass is 10.3. The molecule has 1 heterocycles. The minimum absolute atomic E-state index is 0.220. The number of rotatable bonds is 6. The van der Waals surface area contributed by atoms with Crippen molar-refractivity contribution in [2.45, 2.75) is 18.3 Å². The van der Waals surface area contributed by atoms with Crippen LogP contribution in [0.1, 0.15) is 12.2 Å². The maximum absolute atomic E-state index is 10.2. The zero-order chi connectivity index (χ0) is 10.4. The molecule has 0 spiro atoms. The van der Waals surface area contributed by atoms with E-state index in [4.69, 9.17) is 10.2 Å². The van der Waals surface area contributed by atoms with Crippen LogP contribution in [-0.2, 0) is 10.5 Å². The van der Waals surface area contributed by atoms with E-state index in [1.54, 1.807) is 0 Å². The number of aromatic amines is 1. The standard InChI is InChI=1S/C6H10N4O3S/c11-4(6(12)13)1-2-14-3-5-7-9-10-8-5/h4,11H,1-3H2,(H,12,13)(H,7,8,9,10). The number of aliphatic hydroxyl groups excluding tert-OH is 1. The highest BCUT2D eigenvalue weighted by Gasteiger charge is 2.12. The summed E-state index contributed by atoms with van der Waals surface area (Å²) in [6, 6.07) is 0. The lowest BCUT2D eigenvalue weighted by molar-refractivity contribution is -0.146. The van der Waals surface area contributed by atoms with Crippen LogP contribution >= 0.6 is 11.8 Å². The van der Waals surface area contributed by atoms with E-state index < -0.39 is 12.1 Å². The summed E-state index contributed by atoms with van der Waals surface area (Å²) in [5.41, 5.74) is 0. The lowest BCUT2D eigenvalue weighted by Crippen LogP contribution is -2.19. The predicted molar refractivity (Wildman–Crippen MR) is 48.6 cm³/mol. The summed E-state index contributed by atoms with van der Waals surface area (Å²) in [6.45, 7) is 0. The van der Waals surface area contributed by atoms with Crippen LogP contribution in [0.5, 0.6) is 0 Å². The highest BCUT2D eigenvalue weighted by Crippen LogP contribution is 2.09. The van der Waals surface area contributed by atoms with Gasteiger partial charge in [-0.25, -0.2) is 4.79 Å². The predicted octanol–water partition coefficient (Wildman–Crippen LogP) is -0.732. The largest absolute Gasteiger partial charge is 0.479 e. The number of nitrogens with one attached hydrogen (secondary N) is 1. The van der Waals surface area contributed by atoms with Gasteiger partial charge in [0.05, 0.1) is 5.75 Å². The quantitative estimate of drug-likeness (QED) is 0.539. The number of thioether (sulfide) groups is 1. The molecule has 0 amide bonds. The van der Waals surface area contributed by atoms with E-state index in [0.717, 1.165) is 0 Å². The van der Waals surface area contributed by atoms with Gasteiger partial charge in [-0.2, -0.15) is 17.0 Å². The number of aliphatic carboxylic acids is 1. The van der Waals surface area contributed by atoms with Crippen LogP contribution in [0, 0.1) is 0 Å². The number of H-pyrrole nitrogens is 1. The van der Waals surface area contributed by atoms with Gasteiger partial charge in [0.2, 0.25) is 0 Å².